The molecule has 0 fully saturated rings. The topological polar surface area (TPSA) is 41.1 Å². The Morgan fingerprint density at radius 1 is 1.11 bits per heavy atom. The van der Waals surface area contributed by atoms with Gasteiger partial charge in [-0.25, -0.2) is 4.98 Å². The molecule has 102 valence electrons. The molecule has 0 radical (unpaired) electrons. The fourth-order valence-corrected chi connectivity index (χ4v) is 1.77. The summed E-state index contributed by atoms with van der Waals surface area (Å²) in [5, 5.41) is 3.37. The molecule has 1 aromatic rings. The monoisotopic (exact) mass is 250 g/mol. The van der Waals surface area contributed by atoms with Gasteiger partial charge in [0.2, 0.25) is 0 Å². The van der Waals surface area contributed by atoms with E-state index in [4.69, 9.17) is 0 Å². The number of anilines is 1. The average molecular weight is 250 g/mol. The first-order valence-corrected chi connectivity index (χ1v) is 6.71. The van der Waals surface area contributed by atoms with Gasteiger partial charge in [0.25, 0.3) is 0 Å². The Balaban J connectivity index is 2.46. The van der Waals surface area contributed by atoms with Gasteiger partial charge in [0.15, 0.2) is 0 Å². The highest BCUT2D eigenvalue weighted by atomic mass is 15.2. The van der Waals surface area contributed by atoms with Crippen molar-refractivity contribution in [2.75, 3.05) is 25.0 Å². The van der Waals surface area contributed by atoms with Crippen LogP contribution in [0.15, 0.2) is 12.4 Å². The Hall–Kier alpha value is -1.16. The molecule has 0 aliphatic carbocycles. The van der Waals surface area contributed by atoms with Crippen LogP contribution in [0.25, 0.3) is 0 Å². The van der Waals surface area contributed by atoms with Gasteiger partial charge in [-0.3, -0.25) is 4.98 Å². The Morgan fingerprint density at radius 3 is 2.33 bits per heavy atom. The summed E-state index contributed by atoms with van der Waals surface area (Å²) in [4.78, 5) is 11.0. The van der Waals surface area contributed by atoms with Crippen LogP contribution in [-0.4, -0.2) is 30.1 Å². The fourth-order valence-electron chi connectivity index (χ4n) is 1.77. The van der Waals surface area contributed by atoms with E-state index in [1.54, 1.807) is 0 Å². The van der Waals surface area contributed by atoms with Crippen molar-refractivity contribution >= 4 is 5.82 Å². The summed E-state index contributed by atoms with van der Waals surface area (Å²) in [6.45, 7) is 11.6. The van der Waals surface area contributed by atoms with Crippen LogP contribution in [0.5, 0.6) is 0 Å². The lowest BCUT2D eigenvalue weighted by Crippen LogP contribution is -2.24. The summed E-state index contributed by atoms with van der Waals surface area (Å²) in [6.07, 6.45) is 3.72. The van der Waals surface area contributed by atoms with Gasteiger partial charge in [0, 0.05) is 20.1 Å². The van der Waals surface area contributed by atoms with E-state index in [9.17, 15) is 0 Å². The minimum Gasteiger partial charge on any atom is -0.358 e. The molecule has 1 N–H and O–H groups in total. The van der Waals surface area contributed by atoms with E-state index < -0.39 is 0 Å². The summed E-state index contributed by atoms with van der Waals surface area (Å²) in [5.41, 5.74) is 0.998. The minimum atomic E-state index is 0.629. The Labute approximate surface area is 111 Å². The van der Waals surface area contributed by atoms with Crippen molar-refractivity contribution in [3.63, 3.8) is 0 Å². The maximum absolute atomic E-state index is 4.45. The number of rotatable bonds is 7. The van der Waals surface area contributed by atoms with Gasteiger partial charge in [-0.15, -0.1) is 0 Å². The second-order valence-corrected chi connectivity index (χ2v) is 5.67. The SMILES string of the molecule is CC(C)CNCc1cnc(N(C)CC(C)C)cn1. The van der Waals surface area contributed by atoms with E-state index in [0.29, 0.717) is 11.8 Å². The number of nitrogens with one attached hydrogen (secondary N) is 1. The van der Waals surface area contributed by atoms with Crippen LogP contribution in [0.2, 0.25) is 0 Å². The second kappa shape index (κ2) is 7.31. The number of nitrogens with zero attached hydrogens (tertiary/aromatic N) is 3. The van der Waals surface area contributed by atoms with Gasteiger partial charge >= 0.3 is 0 Å². The van der Waals surface area contributed by atoms with Gasteiger partial charge < -0.3 is 10.2 Å². The first-order valence-electron chi connectivity index (χ1n) is 6.71. The zero-order valence-corrected chi connectivity index (χ0v) is 12.3. The van der Waals surface area contributed by atoms with Crippen molar-refractivity contribution in [3.05, 3.63) is 18.1 Å². The molecular weight excluding hydrogens is 224 g/mol. The van der Waals surface area contributed by atoms with Gasteiger partial charge in [-0.2, -0.15) is 0 Å². The van der Waals surface area contributed by atoms with Gasteiger partial charge in [-0.1, -0.05) is 27.7 Å². The number of hydrogen-bond donors (Lipinski definition) is 1. The summed E-state index contributed by atoms with van der Waals surface area (Å²) in [6, 6.07) is 0. The summed E-state index contributed by atoms with van der Waals surface area (Å²) in [5.74, 6) is 2.23. The van der Waals surface area contributed by atoms with Gasteiger partial charge in [0.05, 0.1) is 18.1 Å². The minimum absolute atomic E-state index is 0.629. The molecule has 18 heavy (non-hydrogen) atoms. The van der Waals surface area contributed by atoms with Crippen molar-refractivity contribution in [3.8, 4) is 0 Å². The lowest BCUT2D eigenvalue weighted by atomic mass is 10.2. The summed E-state index contributed by atoms with van der Waals surface area (Å²) in [7, 11) is 2.06. The molecular formula is C14H26N4. The fraction of sp³-hybridized carbons (Fsp3) is 0.714. The van der Waals surface area contributed by atoms with Crippen molar-refractivity contribution in [2.45, 2.75) is 34.2 Å². The summed E-state index contributed by atoms with van der Waals surface area (Å²) >= 11 is 0. The van der Waals surface area contributed by atoms with Crippen LogP contribution >= 0.6 is 0 Å². The van der Waals surface area contributed by atoms with Crippen LogP contribution in [-0.2, 0) is 6.54 Å². The molecule has 4 nitrogen and oxygen atoms in total. The highest BCUT2D eigenvalue weighted by molar-refractivity contribution is 5.34. The molecule has 0 unspecified atom stereocenters. The Morgan fingerprint density at radius 2 is 1.83 bits per heavy atom. The predicted octanol–water partition coefficient (Wildman–Crippen LogP) is 2.31. The highest BCUT2D eigenvalue weighted by Crippen LogP contribution is 2.09. The van der Waals surface area contributed by atoms with Crippen LogP contribution in [0, 0.1) is 11.8 Å². The van der Waals surface area contributed by atoms with E-state index in [2.05, 4.69) is 54.9 Å². The molecule has 0 saturated carbocycles. The standard InChI is InChI=1S/C14H26N4/c1-11(2)6-15-7-13-8-17-14(9-16-13)18(5)10-12(3)4/h8-9,11-12,15H,6-7,10H2,1-5H3. The normalized spacial score (nSPS) is 11.3. The largest absolute Gasteiger partial charge is 0.358 e. The molecule has 4 heteroatoms. The zero-order valence-electron chi connectivity index (χ0n) is 12.3. The molecule has 0 atom stereocenters. The van der Waals surface area contributed by atoms with E-state index in [1.165, 1.54) is 0 Å². The maximum Gasteiger partial charge on any atom is 0.146 e. The Bertz CT molecular complexity index is 332. The quantitative estimate of drug-likeness (QED) is 0.806. The zero-order chi connectivity index (χ0) is 13.5. The van der Waals surface area contributed by atoms with E-state index in [1.807, 2.05) is 12.4 Å². The van der Waals surface area contributed by atoms with Crippen molar-refractivity contribution < 1.29 is 0 Å². The molecule has 0 saturated heterocycles. The van der Waals surface area contributed by atoms with E-state index in [-0.39, 0.29) is 0 Å². The first-order chi connectivity index (χ1) is 8.49. The molecule has 1 heterocycles. The molecule has 0 aliphatic heterocycles. The third kappa shape index (κ3) is 5.45. The van der Waals surface area contributed by atoms with Crippen LogP contribution < -0.4 is 10.2 Å². The molecule has 0 bridgehead atoms. The van der Waals surface area contributed by atoms with Crippen molar-refractivity contribution in [2.24, 2.45) is 11.8 Å². The van der Waals surface area contributed by atoms with Crippen molar-refractivity contribution in [1.82, 2.24) is 15.3 Å². The smallest absolute Gasteiger partial charge is 0.146 e. The van der Waals surface area contributed by atoms with Gasteiger partial charge in [-0.05, 0) is 18.4 Å². The number of aromatic nitrogens is 2. The van der Waals surface area contributed by atoms with Crippen LogP contribution in [0.3, 0.4) is 0 Å². The molecule has 0 spiro atoms. The van der Waals surface area contributed by atoms with Crippen molar-refractivity contribution in [1.29, 1.82) is 0 Å². The van der Waals surface area contributed by atoms with E-state index >= 15 is 0 Å². The molecule has 0 amide bonds. The second-order valence-electron chi connectivity index (χ2n) is 5.67. The lowest BCUT2D eigenvalue weighted by Gasteiger charge is -2.19. The van der Waals surface area contributed by atoms with Crippen LogP contribution in [0.4, 0.5) is 5.82 Å². The average Bonchev–Trinajstić information content (AvgIpc) is 2.28. The third-order valence-corrected chi connectivity index (χ3v) is 2.58. The van der Waals surface area contributed by atoms with E-state index in [0.717, 1.165) is 31.1 Å². The third-order valence-electron chi connectivity index (χ3n) is 2.58. The molecule has 0 aromatic carbocycles. The van der Waals surface area contributed by atoms with Crippen LogP contribution in [0.1, 0.15) is 33.4 Å². The number of hydrogen-bond acceptors (Lipinski definition) is 4. The maximum atomic E-state index is 4.45. The van der Waals surface area contributed by atoms with Gasteiger partial charge in [0.1, 0.15) is 5.82 Å². The first kappa shape index (κ1) is 14.9. The highest BCUT2D eigenvalue weighted by Gasteiger charge is 2.05. The summed E-state index contributed by atoms with van der Waals surface area (Å²) < 4.78 is 0. The molecule has 0 aliphatic rings. The Kier molecular flexibility index (Phi) is 6.05. The molecule has 1 aromatic heterocycles. The lowest BCUT2D eigenvalue weighted by molar-refractivity contribution is 0.547. The molecule has 1 rings (SSSR count). The predicted molar refractivity (Wildman–Crippen MR) is 76.7 cm³/mol.